The van der Waals surface area contributed by atoms with Gasteiger partial charge in [-0.15, -0.1) is 0 Å². The summed E-state index contributed by atoms with van der Waals surface area (Å²) in [5, 5.41) is 6.90. The third-order valence-electron chi connectivity index (χ3n) is 3.45. The van der Waals surface area contributed by atoms with Gasteiger partial charge in [0.15, 0.2) is 0 Å². The molecule has 0 aromatic carbocycles. The van der Waals surface area contributed by atoms with Gasteiger partial charge in [0.1, 0.15) is 6.04 Å². The summed E-state index contributed by atoms with van der Waals surface area (Å²) in [6.45, 7) is 3.53. The van der Waals surface area contributed by atoms with E-state index in [0.29, 0.717) is 0 Å². The predicted octanol–water partition coefficient (Wildman–Crippen LogP) is -0.718. The Morgan fingerprint density at radius 2 is 2.28 bits per heavy atom. The molecule has 1 N–H and O–H groups in total. The van der Waals surface area contributed by atoms with Gasteiger partial charge < -0.3 is 5.32 Å². The van der Waals surface area contributed by atoms with E-state index in [1.165, 1.54) is 5.56 Å². The van der Waals surface area contributed by atoms with E-state index in [1.807, 2.05) is 31.2 Å². The molecular formula is C12H21N5O. The number of carbonyl (C=O) groups excluding carboxylic acids is 1. The minimum absolute atomic E-state index is 0.0552. The quantitative estimate of drug-likeness (QED) is 0.770. The van der Waals surface area contributed by atoms with Gasteiger partial charge in [0, 0.05) is 52.0 Å². The summed E-state index contributed by atoms with van der Waals surface area (Å²) >= 11 is 0. The normalized spacial score (nSPS) is 22.1. The predicted molar refractivity (Wildman–Crippen MR) is 69.0 cm³/mol. The minimum Gasteiger partial charge on any atom is -0.358 e. The van der Waals surface area contributed by atoms with Crippen molar-refractivity contribution >= 4 is 5.91 Å². The van der Waals surface area contributed by atoms with E-state index in [1.54, 1.807) is 7.05 Å². The number of hydrogen-bond acceptors (Lipinski definition) is 4. The Labute approximate surface area is 108 Å². The van der Waals surface area contributed by atoms with Gasteiger partial charge >= 0.3 is 0 Å². The number of amides is 1. The number of hydrogen-bond donors (Lipinski definition) is 1. The highest BCUT2D eigenvalue weighted by atomic mass is 16.2. The second kappa shape index (κ2) is 5.49. The van der Waals surface area contributed by atoms with Crippen molar-refractivity contribution in [1.29, 1.82) is 0 Å². The summed E-state index contributed by atoms with van der Waals surface area (Å²) < 4.78 is 1.81. The molecular weight excluding hydrogens is 230 g/mol. The second-order valence-electron chi connectivity index (χ2n) is 4.87. The molecule has 0 aliphatic carbocycles. The number of nitrogens with zero attached hydrogens (tertiary/aromatic N) is 4. The Morgan fingerprint density at radius 1 is 1.50 bits per heavy atom. The van der Waals surface area contributed by atoms with Gasteiger partial charge in [-0.25, -0.2) is 0 Å². The van der Waals surface area contributed by atoms with Crippen molar-refractivity contribution < 1.29 is 4.79 Å². The van der Waals surface area contributed by atoms with E-state index in [2.05, 4.69) is 20.2 Å². The molecule has 6 heteroatoms. The molecule has 2 heterocycles. The topological polar surface area (TPSA) is 53.4 Å². The molecule has 0 unspecified atom stereocenters. The van der Waals surface area contributed by atoms with Crippen molar-refractivity contribution in [2.24, 2.45) is 7.05 Å². The van der Waals surface area contributed by atoms with Gasteiger partial charge in [0.2, 0.25) is 5.91 Å². The summed E-state index contributed by atoms with van der Waals surface area (Å²) in [7, 11) is 5.61. The fourth-order valence-corrected chi connectivity index (χ4v) is 2.34. The molecule has 1 aromatic heterocycles. The fourth-order valence-electron chi connectivity index (χ4n) is 2.34. The Balaban J connectivity index is 1.96. The first kappa shape index (κ1) is 13.0. The van der Waals surface area contributed by atoms with Gasteiger partial charge in [-0.1, -0.05) is 0 Å². The second-order valence-corrected chi connectivity index (χ2v) is 4.87. The van der Waals surface area contributed by atoms with Gasteiger partial charge in [-0.3, -0.25) is 19.3 Å². The van der Waals surface area contributed by atoms with Crippen LogP contribution in [0.2, 0.25) is 0 Å². The number of aryl methyl sites for hydroxylation is 1. The molecule has 6 nitrogen and oxygen atoms in total. The average Bonchev–Trinajstić information content (AvgIpc) is 2.76. The molecule has 18 heavy (non-hydrogen) atoms. The van der Waals surface area contributed by atoms with E-state index in [-0.39, 0.29) is 11.9 Å². The molecule has 1 saturated heterocycles. The first-order chi connectivity index (χ1) is 8.60. The molecule has 0 saturated carbocycles. The molecule has 100 valence electrons. The number of piperazine rings is 1. The van der Waals surface area contributed by atoms with Crippen LogP contribution in [0.25, 0.3) is 0 Å². The van der Waals surface area contributed by atoms with Crippen molar-refractivity contribution in [2.45, 2.75) is 12.6 Å². The lowest BCUT2D eigenvalue weighted by molar-refractivity contribution is -0.127. The van der Waals surface area contributed by atoms with Crippen molar-refractivity contribution in [1.82, 2.24) is 24.9 Å². The summed E-state index contributed by atoms with van der Waals surface area (Å²) in [6.07, 6.45) is 3.90. The number of nitrogens with one attached hydrogen (secondary N) is 1. The SMILES string of the molecule is CNC(=O)[C@@H]1CN(Cc2cnn(C)c2)CCN1C. The summed E-state index contributed by atoms with van der Waals surface area (Å²) in [5.74, 6) is 0.0911. The summed E-state index contributed by atoms with van der Waals surface area (Å²) in [4.78, 5) is 16.2. The number of likely N-dealkylation sites (N-methyl/N-ethyl adjacent to an activating group) is 2. The fraction of sp³-hybridized carbons (Fsp3) is 0.667. The summed E-state index contributed by atoms with van der Waals surface area (Å²) in [6, 6.07) is -0.0552. The maximum atomic E-state index is 11.8. The highest BCUT2D eigenvalue weighted by molar-refractivity contribution is 5.81. The maximum Gasteiger partial charge on any atom is 0.238 e. The third kappa shape index (κ3) is 2.88. The molecule has 1 atom stereocenters. The molecule has 1 fully saturated rings. The molecule has 0 spiro atoms. The Kier molecular flexibility index (Phi) is 3.98. The average molecular weight is 251 g/mol. The van der Waals surface area contributed by atoms with Crippen LogP contribution in [0.5, 0.6) is 0 Å². The van der Waals surface area contributed by atoms with Crippen molar-refractivity contribution in [3.05, 3.63) is 18.0 Å². The monoisotopic (exact) mass is 251 g/mol. The van der Waals surface area contributed by atoms with Crippen LogP contribution < -0.4 is 5.32 Å². The van der Waals surface area contributed by atoms with Crippen LogP contribution in [0, 0.1) is 0 Å². The molecule has 2 rings (SSSR count). The number of aromatic nitrogens is 2. The van der Waals surface area contributed by atoms with Crippen LogP contribution in [0.4, 0.5) is 0 Å². The number of carbonyl (C=O) groups is 1. The van der Waals surface area contributed by atoms with E-state index < -0.39 is 0 Å². The van der Waals surface area contributed by atoms with Gasteiger partial charge in [-0.2, -0.15) is 5.10 Å². The summed E-state index contributed by atoms with van der Waals surface area (Å²) in [5.41, 5.74) is 1.19. The smallest absolute Gasteiger partial charge is 0.238 e. The lowest BCUT2D eigenvalue weighted by atomic mass is 10.1. The van der Waals surface area contributed by atoms with Crippen LogP contribution in [0.15, 0.2) is 12.4 Å². The first-order valence-corrected chi connectivity index (χ1v) is 6.22. The van der Waals surface area contributed by atoms with E-state index >= 15 is 0 Å². The third-order valence-corrected chi connectivity index (χ3v) is 3.45. The standard InChI is InChI=1S/C12H21N5O/c1-13-12(18)11-9-17(5-4-15(11)2)8-10-6-14-16(3)7-10/h6-7,11H,4-5,8-9H2,1-3H3,(H,13,18)/t11-/m0/s1. The Bertz CT molecular complexity index is 416. The van der Waals surface area contributed by atoms with Crippen molar-refractivity contribution in [3.8, 4) is 0 Å². The molecule has 1 aromatic rings. The largest absolute Gasteiger partial charge is 0.358 e. The molecule has 1 amide bonds. The maximum absolute atomic E-state index is 11.8. The Hall–Kier alpha value is -1.40. The molecule has 0 bridgehead atoms. The molecule has 1 aliphatic rings. The van der Waals surface area contributed by atoms with Crippen molar-refractivity contribution in [3.63, 3.8) is 0 Å². The van der Waals surface area contributed by atoms with Crippen LogP contribution >= 0.6 is 0 Å². The van der Waals surface area contributed by atoms with Crippen LogP contribution in [0.3, 0.4) is 0 Å². The van der Waals surface area contributed by atoms with E-state index in [0.717, 1.165) is 26.2 Å². The van der Waals surface area contributed by atoms with E-state index in [9.17, 15) is 4.79 Å². The molecule has 0 radical (unpaired) electrons. The zero-order valence-electron chi connectivity index (χ0n) is 11.3. The number of rotatable bonds is 3. The van der Waals surface area contributed by atoms with Crippen LogP contribution in [0.1, 0.15) is 5.56 Å². The van der Waals surface area contributed by atoms with Gasteiger partial charge in [0.05, 0.1) is 6.20 Å². The lowest BCUT2D eigenvalue weighted by Crippen LogP contribution is -2.56. The van der Waals surface area contributed by atoms with Gasteiger partial charge in [-0.05, 0) is 7.05 Å². The van der Waals surface area contributed by atoms with E-state index in [4.69, 9.17) is 0 Å². The zero-order valence-corrected chi connectivity index (χ0v) is 11.3. The van der Waals surface area contributed by atoms with Crippen molar-refractivity contribution in [2.75, 3.05) is 33.7 Å². The Morgan fingerprint density at radius 3 is 2.89 bits per heavy atom. The van der Waals surface area contributed by atoms with Crippen LogP contribution in [-0.4, -0.2) is 65.3 Å². The highest BCUT2D eigenvalue weighted by Gasteiger charge is 2.29. The lowest BCUT2D eigenvalue weighted by Gasteiger charge is -2.38. The zero-order chi connectivity index (χ0) is 13.1. The minimum atomic E-state index is -0.0552. The highest BCUT2D eigenvalue weighted by Crippen LogP contribution is 2.11. The van der Waals surface area contributed by atoms with Crippen LogP contribution in [-0.2, 0) is 18.4 Å². The van der Waals surface area contributed by atoms with Gasteiger partial charge in [0.25, 0.3) is 0 Å². The molecule has 1 aliphatic heterocycles. The first-order valence-electron chi connectivity index (χ1n) is 6.22.